The highest BCUT2D eigenvalue weighted by molar-refractivity contribution is 6.30. The fraction of sp³-hybridized carbons (Fsp3) is 0.308. The molecule has 1 aromatic rings. The minimum atomic E-state index is -0.392. The molecule has 0 aliphatic carbocycles. The summed E-state index contributed by atoms with van der Waals surface area (Å²) >= 11 is 5.77. The Hall–Kier alpha value is -1.08. The Balaban J connectivity index is 2.96. The van der Waals surface area contributed by atoms with Crippen LogP contribution in [-0.4, -0.2) is 5.78 Å². The number of carbonyl (C=O) groups is 1. The number of carbonyl (C=O) groups excluding carboxylic acids is 1. The third-order valence-corrected chi connectivity index (χ3v) is 2.40. The van der Waals surface area contributed by atoms with Gasteiger partial charge in [-0.3, -0.25) is 4.79 Å². The molecule has 15 heavy (non-hydrogen) atoms. The second-order valence-electron chi connectivity index (χ2n) is 4.56. The molecule has 2 heteroatoms. The first kappa shape index (κ1) is 12.0. The Labute approximate surface area is 95.8 Å². The normalized spacial score (nSPS) is 11.2. The lowest BCUT2D eigenvalue weighted by atomic mass is 9.84. The summed E-state index contributed by atoms with van der Waals surface area (Å²) in [5, 5.41) is 0.662. The van der Waals surface area contributed by atoms with Gasteiger partial charge in [0.05, 0.1) is 0 Å². The second-order valence-corrected chi connectivity index (χ2v) is 5.00. The summed E-state index contributed by atoms with van der Waals surface area (Å²) in [6.45, 7) is 9.48. The van der Waals surface area contributed by atoms with E-state index in [9.17, 15) is 4.79 Å². The molecule has 80 valence electrons. The lowest BCUT2D eigenvalue weighted by Crippen LogP contribution is -2.20. The van der Waals surface area contributed by atoms with E-state index >= 15 is 0 Å². The molecule has 0 heterocycles. The van der Waals surface area contributed by atoms with Crippen molar-refractivity contribution in [3.63, 3.8) is 0 Å². The van der Waals surface area contributed by atoms with Crippen LogP contribution in [0.25, 0.3) is 5.57 Å². The quantitative estimate of drug-likeness (QED) is 0.692. The largest absolute Gasteiger partial charge is 0.294 e. The molecule has 0 bridgehead atoms. The summed E-state index contributed by atoms with van der Waals surface area (Å²) in [7, 11) is 0. The summed E-state index contributed by atoms with van der Waals surface area (Å²) in [6.07, 6.45) is 0. The van der Waals surface area contributed by atoms with E-state index in [1.165, 1.54) is 0 Å². The molecule has 0 amide bonds. The van der Waals surface area contributed by atoms with Crippen LogP contribution in [0.4, 0.5) is 0 Å². The van der Waals surface area contributed by atoms with Gasteiger partial charge >= 0.3 is 0 Å². The van der Waals surface area contributed by atoms with Gasteiger partial charge < -0.3 is 0 Å². The average molecular weight is 223 g/mol. The second kappa shape index (κ2) is 4.19. The zero-order chi connectivity index (χ0) is 11.6. The molecule has 1 nitrogen and oxygen atoms in total. The van der Waals surface area contributed by atoms with Gasteiger partial charge in [0.15, 0.2) is 5.78 Å². The van der Waals surface area contributed by atoms with Gasteiger partial charge in [0, 0.05) is 16.0 Å². The Bertz CT molecular complexity index is 382. The van der Waals surface area contributed by atoms with E-state index in [4.69, 9.17) is 11.6 Å². The van der Waals surface area contributed by atoms with E-state index in [0.29, 0.717) is 10.6 Å². The van der Waals surface area contributed by atoms with Crippen molar-refractivity contribution in [2.45, 2.75) is 20.8 Å². The van der Waals surface area contributed by atoms with E-state index < -0.39 is 5.41 Å². The first-order valence-electron chi connectivity index (χ1n) is 4.82. The third-order valence-electron chi connectivity index (χ3n) is 2.15. The molecule has 0 atom stereocenters. The molecule has 1 rings (SSSR count). The topological polar surface area (TPSA) is 17.1 Å². The number of hydrogen-bond donors (Lipinski definition) is 0. The minimum absolute atomic E-state index is 0.0600. The van der Waals surface area contributed by atoms with Crippen molar-refractivity contribution in [2.24, 2.45) is 5.41 Å². The van der Waals surface area contributed by atoms with E-state index in [-0.39, 0.29) is 5.78 Å². The van der Waals surface area contributed by atoms with Crippen molar-refractivity contribution in [1.29, 1.82) is 0 Å². The molecule has 0 saturated carbocycles. The maximum Gasteiger partial charge on any atom is 0.168 e. The molecular formula is C13H15ClO. The fourth-order valence-corrected chi connectivity index (χ4v) is 1.36. The standard InChI is InChI=1S/C13H15ClO/c1-9(12(15)13(2,3)4)10-5-7-11(14)8-6-10/h5-8H,1H2,2-4H3. The van der Waals surface area contributed by atoms with Crippen LogP contribution in [0.1, 0.15) is 26.3 Å². The van der Waals surface area contributed by atoms with Crippen molar-refractivity contribution in [1.82, 2.24) is 0 Å². The zero-order valence-corrected chi connectivity index (χ0v) is 10.1. The monoisotopic (exact) mass is 222 g/mol. The van der Waals surface area contributed by atoms with Gasteiger partial charge in [0.2, 0.25) is 0 Å². The summed E-state index contributed by atoms with van der Waals surface area (Å²) in [4.78, 5) is 11.9. The predicted molar refractivity (Wildman–Crippen MR) is 64.9 cm³/mol. The van der Waals surface area contributed by atoms with E-state index in [2.05, 4.69) is 6.58 Å². The number of ketones is 1. The number of hydrogen-bond acceptors (Lipinski definition) is 1. The van der Waals surface area contributed by atoms with Gasteiger partial charge in [-0.15, -0.1) is 0 Å². The van der Waals surface area contributed by atoms with E-state index in [1.54, 1.807) is 12.1 Å². The summed E-state index contributed by atoms with van der Waals surface area (Å²) in [6, 6.07) is 7.15. The molecule has 0 N–H and O–H groups in total. The Kier molecular flexibility index (Phi) is 3.35. The summed E-state index contributed by atoms with van der Waals surface area (Å²) in [5.74, 6) is 0.0600. The van der Waals surface area contributed by atoms with Crippen LogP contribution < -0.4 is 0 Å². The highest BCUT2D eigenvalue weighted by Gasteiger charge is 2.24. The predicted octanol–water partition coefficient (Wildman–Crippen LogP) is 3.97. The first-order valence-corrected chi connectivity index (χ1v) is 5.20. The van der Waals surface area contributed by atoms with E-state index in [0.717, 1.165) is 5.56 Å². The lowest BCUT2D eigenvalue weighted by Gasteiger charge is -2.18. The minimum Gasteiger partial charge on any atom is -0.294 e. The van der Waals surface area contributed by atoms with Crippen molar-refractivity contribution < 1.29 is 4.79 Å². The maximum absolute atomic E-state index is 11.9. The van der Waals surface area contributed by atoms with E-state index in [1.807, 2.05) is 32.9 Å². The molecular weight excluding hydrogens is 208 g/mol. The highest BCUT2D eigenvalue weighted by Crippen LogP contribution is 2.25. The fourth-order valence-electron chi connectivity index (χ4n) is 1.23. The van der Waals surface area contributed by atoms with Crippen molar-refractivity contribution in [3.8, 4) is 0 Å². The number of rotatable bonds is 2. The van der Waals surface area contributed by atoms with Crippen LogP contribution >= 0.6 is 11.6 Å². The Morgan fingerprint density at radius 3 is 2.07 bits per heavy atom. The molecule has 0 fully saturated rings. The van der Waals surface area contributed by atoms with Gasteiger partial charge in [-0.2, -0.15) is 0 Å². The molecule has 0 aromatic heterocycles. The summed E-state index contributed by atoms with van der Waals surface area (Å²) in [5.41, 5.74) is 0.981. The van der Waals surface area contributed by atoms with Crippen LogP contribution in [0.3, 0.4) is 0 Å². The third kappa shape index (κ3) is 2.93. The highest BCUT2D eigenvalue weighted by atomic mass is 35.5. The number of allylic oxidation sites excluding steroid dienone is 1. The number of benzene rings is 1. The van der Waals surface area contributed by atoms with Crippen LogP contribution in [0, 0.1) is 5.41 Å². The Morgan fingerprint density at radius 2 is 1.67 bits per heavy atom. The average Bonchev–Trinajstić information content (AvgIpc) is 2.15. The van der Waals surface area contributed by atoms with Crippen molar-refractivity contribution >= 4 is 23.0 Å². The van der Waals surface area contributed by atoms with Crippen LogP contribution in [0.2, 0.25) is 5.02 Å². The molecule has 0 unspecified atom stereocenters. The van der Waals surface area contributed by atoms with Crippen LogP contribution in [0.5, 0.6) is 0 Å². The molecule has 0 aliphatic rings. The molecule has 0 radical (unpaired) electrons. The zero-order valence-electron chi connectivity index (χ0n) is 9.30. The Morgan fingerprint density at radius 1 is 1.20 bits per heavy atom. The number of halogens is 1. The number of Topliss-reactive ketones (excluding diaryl/α,β-unsaturated/α-hetero) is 1. The molecule has 0 aliphatic heterocycles. The first-order chi connectivity index (χ1) is 6.82. The molecule has 1 aromatic carbocycles. The van der Waals surface area contributed by atoms with Gasteiger partial charge in [-0.1, -0.05) is 51.1 Å². The van der Waals surface area contributed by atoms with Gasteiger partial charge in [0.25, 0.3) is 0 Å². The SMILES string of the molecule is C=C(C(=O)C(C)(C)C)c1ccc(Cl)cc1. The maximum atomic E-state index is 11.9. The van der Waals surface area contributed by atoms with Crippen LogP contribution in [0.15, 0.2) is 30.8 Å². The van der Waals surface area contributed by atoms with Crippen molar-refractivity contribution in [3.05, 3.63) is 41.4 Å². The summed E-state index contributed by atoms with van der Waals surface area (Å²) < 4.78 is 0. The lowest BCUT2D eigenvalue weighted by molar-refractivity contribution is -0.120. The van der Waals surface area contributed by atoms with Gasteiger partial charge in [0.1, 0.15) is 0 Å². The molecule has 0 spiro atoms. The smallest absolute Gasteiger partial charge is 0.168 e. The molecule has 0 saturated heterocycles. The van der Waals surface area contributed by atoms with Crippen LogP contribution in [-0.2, 0) is 4.79 Å². The van der Waals surface area contributed by atoms with Crippen molar-refractivity contribution in [2.75, 3.05) is 0 Å². The van der Waals surface area contributed by atoms with Gasteiger partial charge in [-0.25, -0.2) is 0 Å². The van der Waals surface area contributed by atoms with Gasteiger partial charge in [-0.05, 0) is 17.7 Å².